The van der Waals surface area contributed by atoms with Crippen LogP contribution in [0.2, 0.25) is 10.0 Å². The van der Waals surface area contributed by atoms with Crippen molar-refractivity contribution < 1.29 is 13.9 Å². The summed E-state index contributed by atoms with van der Waals surface area (Å²) in [6.45, 7) is 4.00. The first-order chi connectivity index (χ1) is 13.1. The molecule has 7 heteroatoms. The lowest BCUT2D eigenvalue weighted by Gasteiger charge is -2.12. The lowest BCUT2D eigenvalue weighted by Crippen LogP contribution is -2.20. The molecule has 0 aliphatic heterocycles. The molecule has 0 atom stereocenters. The van der Waals surface area contributed by atoms with Gasteiger partial charge in [-0.25, -0.2) is 4.39 Å². The number of hydrogen-bond donors (Lipinski definition) is 1. The van der Waals surface area contributed by atoms with E-state index in [1.807, 2.05) is 25.1 Å². The van der Waals surface area contributed by atoms with E-state index in [0.29, 0.717) is 34.7 Å². The highest BCUT2D eigenvalue weighted by molar-refractivity contribution is 6.45. The summed E-state index contributed by atoms with van der Waals surface area (Å²) >= 11 is 12.3. The van der Waals surface area contributed by atoms with Crippen molar-refractivity contribution in [2.45, 2.75) is 13.5 Å². The van der Waals surface area contributed by atoms with Crippen LogP contribution >= 0.6 is 23.2 Å². The van der Waals surface area contributed by atoms with Crippen LogP contribution < -0.4 is 14.8 Å². The molecule has 0 aliphatic carbocycles. The van der Waals surface area contributed by atoms with Crippen molar-refractivity contribution in [2.75, 3.05) is 19.7 Å². The summed E-state index contributed by atoms with van der Waals surface area (Å²) < 4.78 is 25.5. The third-order valence-corrected chi connectivity index (χ3v) is 4.78. The van der Waals surface area contributed by atoms with E-state index in [-0.39, 0.29) is 12.3 Å². The Morgan fingerprint density at radius 1 is 1.11 bits per heavy atom. The summed E-state index contributed by atoms with van der Waals surface area (Å²) in [6, 6.07) is 10.3. The van der Waals surface area contributed by atoms with Gasteiger partial charge < -0.3 is 14.8 Å². The third kappa shape index (κ3) is 4.80. The van der Waals surface area contributed by atoms with E-state index in [1.165, 1.54) is 12.3 Å². The van der Waals surface area contributed by atoms with E-state index in [9.17, 15) is 4.39 Å². The number of nitrogens with one attached hydrogen (secondary N) is 1. The second-order valence-corrected chi connectivity index (χ2v) is 6.59. The predicted octanol–water partition coefficient (Wildman–Crippen LogP) is 5.25. The smallest absolute Gasteiger partial charge is 0.151 e. The highest BCUT2D eigenvalue weighted by Crippen LogP contribution is 2.35. The Morgan fingerprint density at radius 3 is 2.74 bits per heavy atom. The maximum atomic E-state index is 14.3. The summed E-state index contributed by atoms with van der Waals surface area (Å²) in [5.41, 5.74) is 0.200. The van der Waals surface area contributed by atoms with Gasteiger partial charge in [0.05, 0.1) is 16.2 Å². The van der Waals surface area contributed by atoms with Gasteiger partial charge in [-0.3, -0.25) is 4.98 Å². The summed E-state index contributed by atoms with van der Waals surface area (Å²) in [6.07, 6.45) is 1.49. The molecule has 2 aromatic carbocycles. The zero-order valence-electron chi connectivity index (χ0n) is 14.8. The average Bonchev–Trinajstić information content (AvgIpc) is 2.67. The monoisotopic (exact) mass is 408 g/mol. The Hall–Kier alpha value is -2.08. The van der Waals surface area contributed by atoms with Crippen LogP contribution in [0.1, 0.15) is 12.6 Å². The van der Waals surface area contributed by atoms with Crippen LogP contribution in [0.25, 0.3) is 10.8 Å². The molecule has 3 rings (SSSR count). The molecule has 1 heterocycles. The lowest BCUT2D eigenvalue weighted by molar-refractivity contribution is 0.292. The molecule has 1 aromatic heterocycles. The number of aromatic nitrogens is 1. The molecule has 27 heavy (non-hydrogen) atoms. The molecule has 0 radical (unpaired) electrons. The van der Waals surface area contributed by atoms with Crippen LogP contribution in [0.15, 0.2) is 42.6 Å². The van der Waals surface area contributed by atoms with Crippen LogP contribution in [-0.2, 0) is 6.61 Å². The topological polar surface area (TPSA) is 43.4 Å². The minimum atomic E-state index is -0.475. The van der Waals surface area contributed by atoms with Gasteiger partial charge in [0.1, 0.15) is 30.4 Å². The van der Waals surface area contributed by atoms with Crippen molar-refractivity contribution in [2.24, 2.45) is 0 Å². The second-order valence-electron chi connectivity index (χ2n) is 5.80. The van der Waals surface area contributed by atoms with E-state index in [0.717, 1.165) is 17.3 Å². The summed E-state index contributed by atoms with van der Waals surface area (Å²) in [4.78, 5) is 4.11. The number of pyridine rings is 1. The van der Waals surface area contributed by atoms with Crippen molar-refractivity contribution in [1.82, 2.24) is 10.3 Å². The molecule has 0 fully saturated rings. The molecular formula is C20H19Cl2FN2O2. The molecule has 0 aliphatic rings. The number of benzene rings is 2. The molecular weight excluding hydrogens is 390 g/mol. The maximum absolute atomic E-state index is 14.3. The van der Waals surface area contributed by atoms with Crippen LogP contribution in [-0.4, -0.2) is 24.7 Å². The van der Waals surface area contributed by atoms with E-state index in [1.54, 1.807) is 12.1 Å². The average molecular weight is 409 g/mol. The first-order valence-corrected chi connectivity index (χ1v) is 9.33. The highest BCUT2D eigenvalue weighted by Gasteiger charge is 2.11. The molecule has 1 N–H and O–H groups in total. The molecule has 0 spiro atoms. The van der Waals surface area contributed by atoms with Crippen molar-refractivity contribution in [3.8, 4) is 11.5 Å². The zero-order valence-corrected chi connectivity index (χ0v) is 16.3. The fraction of sp³-hybridized carbons (Fsp3) is 0.250. The van der Waals surface area contributed by atoms with Gasteiger partial charge in [0.25, 0.3) is 0 Å². The first-order valence-electron chi connectivity index (χ1n) is 8.57. The van der Waals surface area contributed by atoms with Gasteiger partial charge in [0.2, 0.25) is 0 Å². The van der Waals surface area contributed by atoms with Gasteiger partial charge in [0.15, 0.2) is 5.82 Å². The quantitative estimate of drug-likeness (QED) is 0.517. The number of rotatable bonds is 8. The molecule has 0 saturated carbocycles. The zero-order chi connectivity index (χ0) is 19.2. The van der Waals surface area contributed by atoms with Gasteiger partial charge in [-0.15, -0.1) is 0 Å². The van der Waals surface area contributed by atoms with Crippen molar-refractivity contribution in [3.63, 3.8) is 0 Å². The van der Waals surface area contributed by atoms with Crippen LogP contribution in [0.4, 0.5) is 4.39 Å². The van der Waals surface area contributed by atoms with Gasteiger partial charge in [-0.05, 0) is 24.7 Å². The first kappa shape index (κ1) is 19.7. The number of nitrogens with zero attached hydrogens (tertiary/aromatic N) is 1. The van der Waals surface area contributed by atoms with E-state index in [2.05, 4.69) is 10.3 Å². The molecule has 0 bridgehead atoms. The van der Waals surface area contributed by atoms with E-state index < -0.39 is 5.82 Å². The molecule has 3 aromatic rings. The van der Waals surface area contributed by atoms with Gasteiger partial charge in [-0.1, -0.05) is 42.3 Å². The van der Waals surface area contributed by atoms with E-state index >= 15 is 0 Å². The Morgan fingerprint density at radius 2 is 1.96 bits per heavy atom. The van der Waals surface area contributed by atoms with Crippen LogP contribution in [0.5, 0.6) is 11.5 Å². The number of likely N-dealkylation sites (N-methyl/N-ethyl adjacent to an activating group) is 1. The number of fused-ring (bicyclic) bond motifs is 1. The fourth-order valence-electron chi connectivity index (χ4n) is 2.59. The normalized spacial score (nSPS) is 11.0. The molecule has 0 amide bonds. The molecule has 142 valence electrons. The Kier molecular flexibility index (Phi) is 6.72. The standard InChI is InChI=1S/C20H19Cl2FN2O2/c1-2-24-8-9-26-13-10-17(23)18(25-11-13)12-27-19-5-3-4-15-14(19)6-7-16(21)20(15)22/h3-7,10-11,24H,2,8-9,12H2,1H3. The van der Waals surface area contributed by atoms with Gasteiger partial charge in [-0.2, -0.15) is 0 Å². The summed E-state index contributed by atoms with van der Waals surface area (Å²) in [5.74, 6) is 0.497. The molecule has 0 unspecified atom stereocenters. The maximum Gasteiger partial charge on any atom is 0.151 e. The van der Waals surface area contributed by atoms with Gasteiger partial charge in [0, 0.05) is 23.4 Å². The Bertz CT molecular complexity index is 937. The summed E-state index contributed by atoms with van der Waals surface area (Å²) in [7, 11) is 0. The molecule has 0 saturated heterocycles. The number of halogens is 3. The highest BCUT2D eigenvalue weighted by atomic mass is 35.5. The van der Waals surface area contributed by atoms with Crippen molar-refractivity contribution >= 4 is 34.0 Å². The third-order valence-electron chi connectivity index (χ3n) is 3.96. The predicted molar refractivity (Wildman–Crippen MR) is 107 cm³/mol. The lowest BCUT2D eigenvalue weighted by atomic mass is 10.1. The van der Waals surface area contributed by atoms with Crippen LogP contribution in [0.3, 0.4) is 0 Å². The number of hydrogen-bond acceptors (Lipinski definition) is 4. The Labute approximate surface area is 167 Å². The molecule has 4 nitrogen and oxygen atoms in total. The minimum absolute atomic E-state index is 0.0110. The summed E-state index contributed by atoms with van der Waals surface area (Å²) in [5, 5.41) is 5.64. The number of ether oxygens (including phenoxy) is 2. The van der Waals surface area contributed by atoms with E-state index in [4.69, 9.17) is 32.7 Å². The minimum Gasteiger partial charge on any atom is -0.491 e. The largest absolute Gasteiger partial charge is 0.491 e. The van der Waals surface area contributed by atoms with Gasteiger partial charge >= 0.3 is 0 Å². The SMILES string of the molecule is CCNCCOc1cnc(COc2cccc3c(Cl)c(Cl)ccc23)c(F)c1. The van der Waals surface area contributed by atoms with Crippen molar-refractivity contribution in [1.29, 1.82) is 0 Å². The second kappa shape index (κ2) is 9.22. The van der Waals surface area contributed by atoms with Crippen LogP contribution in [0, 0.1) is 5.82 Å². The Balaban J connectivity index is 1.70. The fourth-order valence-corrected chi connectivity index (χ4v) is 2.98. The van der Waals surface area contributed by atoms with Crippen molar-refractivity contribution in [3.05, 3.63) is 64.2 Å².